The number of rotatable bonds is 8. The molecule has 0 atom stereocenters. The fourth-order valence-electron chi connectivity index (χ4n) is 12.4. The predicted octanol–water partition coefficient (Wildman–Crippen LogP) is 48.9. The standard InChI is InChI=1S/C24H18.2C18H13N.C18H14.C12H10.C6H6.22C2H6/c1-4-10-19(11-5-1)22-16-23(20-12-6-2-7-13-20)18-24(17-22)21-14-8-3-9-15-21;2*1-2-8-14(9-3-1)19-17-12-6-4-10-15(17)16-11-5-7-13-18(16)19;1-3-8-15(9-4-1)17-12-7-13-18(14-17)16-10-5-2-6-11-16;1-3-7-11(8-4-1)12-9-5-2-6-10-12;1-2-4-6-5-3-1;22*1-2/h1-18H;2*1-13H;1-14H;1-10H;1-6H;22*1-2H3. The molecule has 0 unspecified atom stereocenters. The van der Waals surface area contributed by atoms with Crippen LogP contribution in [0.4, 0.5) is 0 Å². The van der Waals surface area contributed by atoms with Crippen molar-refractivity contribution in [1.82, 2.24) is 9.13 Å². The highest BCUT2D eigenvalue weighted by Gasteiger charge is 2.13. The zero-order chi connectivity index (χ0) is 110. The van der Waals surface area contributed by atoms with Gasteiger partial charge in [-0.15, -0.1) is 0 Å². The van der Waals surface area contributed by atoms with E-state index in [0.29, 0.717) is 0 Å². The molecule has 2 nitrogen and oxygen atoms in total. The van der Waals surface area contributed by atoms with Crippen LogP contribution >= 0.6 is 0 Å². The molecule has 0 N–H and O–H groups in total. The molecule has 776 valence electrons. The summed E-state index contributed by atoms with van der Waals surface area (Å²) in [5.74, 6) is 0. The van der Waals surface area contributed by atoms with E-state index >= 15 is 0 Å². The zero-order valence-corrected chi connectivity index (χ0v) is 98.6. The lowest BCUT2D eigenvalue weighted by Gasteiger charge is -2.11. The molecular weight excluding hydrogens is 1710 g/mol. The van der Waals surface area contributed by atoms with Crippen molar-refractivity contribution in [3.05, 3.63) is 449 Å². The fraction of sp³-hybridized carbons (Fsp3) is 0.314. The summed E-state index contributed by atoms with van der Waals surface area (Å²) >= 11 is 0. The van der Waals surface area contributed by atoms with Crippen molar-refractivity contribution in [1.29, 1.82) is 0 Å². The third kappa shape index (κ3) is 57.7. The minimum absolute atomic E-state index is 1.21. The van der Waals surface area contributed by atoms with E-state index in [1.54, 1.807) is 0 Å². The van der Waals surface area contributed by atoms with Gasteiger partial charge in [0.25, 0.3) is 0 Å². The smallest absolute Gasteiger partial charge is 0.0541 e. The van der Waals surface area contributed by atoms with Gasteiger partial charge in [0.15, 0.2) is 0 Å². The van der Waals surface area contributed by atoms with Crippen LogP contribution in [-0.2, 0) is 0 Å². The van der Waals surface area contributed by atoms with Gasteiger partial charge in [0.1, 0.15) is 0 Å². The molecule has 142 heavy (non-hydrogen) atoms. The second kappa shape index (κ2) is 117. The van der Waals surface area contributed by atoms with E-state index in [4.69, 9.17) is 0 Å². The Hall–Kier alpha value is -12.9. The Balaban J connectivity index is -0.000000173. The van der Waals surface area contributed by atoms with Crippen LogP contribution in [0.15, 0.2) is 449 Å². The topological polar surface area (TPSA) is 9.86 Å². The van der Waals surface area contributed by atoms with E-state index in [-0.39, 0.29) is 0 Å². The molecule has 0 saturated heterocycles. The molecule has 0 amide bonds. The Morgan fingerprint density at radius 3 is 0.359 bits per heavy atom. The van der Waals surface area contributed by atoms with Gasteiger partial charge in [-0.1, -0.05) is 681 Å². The van der Waals surface area contributed by atoms with Crippen LogP contribution in [0.25, 0.3) is 122 Å². The van der Waals surface area contributed by atoms with Crippen molar-refractivity contribution in [3.8, 4) is 78.1 Å². The van der Waals surface area contributed by atoms with E-state index < -0.39 is 0 Å². The first-order valence-electron chi connectivity index (χ1n) is 55.4. The minimum Gasteiger partial charge on any atom is -0.309 e. The van der Waals surface area contributed by atoms with Gasteiger partial charge in [0, 0.05) is 32.9 Å². The van der Waals surface area contributed by atoms with Crippen molar-refractivity contribution >= 4 is 43.6 Å². The van der Waals surface area contributed by atoms with Crippen LogP contribution in [0.1, 0.15) is 305 Å². The highest BCUT2D eigenvalue weighted by Crippen LogP contribution is 2.36. The fourth-order valence-corrected chi connectivity index (χ4v) is 12.4. The molecule has 0 fully saturated rings. The number of para-hydroxylation sites is 6. The van der Waals surface area contributed by atoms with E-state index in [0.717, 1.165) is 0 Å². The largest absolute Gasteiger partial charge is 0.309 e. The van der Waals surface area contributed by atoms with Crippen LogP contribution in [-0.4, -0.2) is 9.13 Å². The Bertz CT molecular complexity index is 4860. The SMILES string of the molecule is CC.CC.CC.CC.CC.CC.CC.CC.CC.CC.CC.CC.CC.CC.CC.CC.CC.CC.CC.CC.CC.CC.c1ccc(-c2cc(-c3ccccc3)cc(-c3ccccc3)c2)cc1.c1ccc(-c2cccc(-c3ccccc3)c2)cc1.c1ccc(-c2ccccc2)cc1.c1ccc(-n2c3ccccc3c3ccccc32)cc1.c1ccc(-n2c3ccccc3c3ccccc32)cc1.c1ccccc1. The molecule has 0 aliphatic carbocycles. The first-order valence-corrected chi connectivity index (χ1v) is 55.4. The van der Waals surface area contributed by atoms with Crippen LogP contribution in [0.2, 0.25) is 0 Å². The van der Waals surface area contributed by atoms with Gasteiger partial charge >= 0.3 is 0 Å². The Morgan fingerprint density at radius 2 is 0.197 bits per heavy atom. The summed E-state index contributed by atoms with van der Waals surface area (Å²) in [4.78, 5) is 0. The van der Waals surface area contributed by atoms with Gasteiger partial charge in [0.2, 0.25) is 0 Å². The van der Waals surface area contributed by atoms with Gasteiger partial charge in [0.05, 0.1) is 22.1 Å². The number of hydrogen-bond acceptors (Lipinski definition) is 0. The summed E-state index contributed by atoms with van der Waals surface area (Å²) in [7, 11) is 0. The summed E-state index contributed by atoms with van der Waals surface area (Å²) in [5, 5.41) is 5.23. The number of nitrogens with zero attached hydrogens (tertiary/aromatic N) is 2. The average Bonchev–Trinajstić information content (AvgIpc) is 1.61. The first kappa shape index (κ1) is 149. The van der Waals surface area contributed by atoms with Crippen LogP contribution in [0.3, 0.4) is 0 Å². The maximum absolute atomic E-state index is 2.32. The second-order valence-corrected chi connectivity index (χ2v) is 23.5. The zero-order valence-electron chi connectivity index (χ0n) is 98.6. The van der Waals surface area contributed by atoms with Gasteiger partial charge < -0.3 is 9.13 Å². The molecule has 2 heteroatoms. The lowest BCUT2D eigenvalue weighted by atomic mass is 9.93. The van der Waals surface area contributed by atoms with Crippen molar-refractivity contribution in [2.75, 3.05) is 0 Å². The van der Waals surface area contributed by atoms with Crippen molar-refractivity contribution in [3.63, 3.8) is 0 Å². The van der Waals surface area contributed by atoms with Gasteiger partial charge in [-0.2, -0.15) is 0 Å². The summed E-state index contributed by atoms with van der Waals surface area (Å²) < 4.78 is 4.65. The molecular formula is C140H206N2. The minimum atomic E-state index is 1.21. The van der Waals surface area contributed by atoms with E-state index in [2.05, 4.69) is 397 Å². The van der Waals surface area contributed by atoms with E-state index in [1.165, 1.54) is 122 Å². The highest BCUT2D eigenvalue weighted by atomic mass is 15.0. The monoisotopic (exact) mass is 1920 g/mol. The van der Waals surface area contributed by atoms with Gasteiger partial charge in [-0.3, -0.25) is 0 Å². The Morgan fingerprint density at radius 1 is 0.0915 bits per heavy atom. The average molecular weight is 1920 g/mol. The van der Waals surface area contributed by atoms with E-state index in [9.17, 15) is 0 Å². The highest BCUT2D eigenvalue weighted by molar-refractivity contribution is 6.10. The molecule has 2 heterocycles. The molecule has 0 aliphatic rings. The molecule has 18 aromatic rings. The molecule has 0 radical (unpaired) electrons. The number of hydrogen-bond donors (Lipinski definition) is 0. The summed E-state index contributed by atoms with van der Waals surface area (Å²) in [5.41, 5.74) is 22.5. The Labute approximate surface area is 878 Å². The summed E-state index contributed by atoms with van der Waals surface area (Å²) in [6.45, 7) is 88.0. The maximum atomic E-state index is 2.32. The quantitative estimate of drug-likeness (QED) is 0.143. The lowest BCUT2D eigenvalue weighted by Crippen LogP contribution is -1.92. The predicted molar refractivity (Wildman–Crippen MR) is 670 cm³/mol. The molecule has 16 aromatic carbocycles. The molecule has 18 rings (SSSR count). The number of fused-ring (bicyclic) bond motifs is 6. The lowest BCUT2D eigenvalue weighted by molar-refractivity contribution is 1.18. The summed E-state index contributed by atoms with van der Waals surface area (Å²) in [6.07, 6.45) is 0. The normalized spacial score (nSPS) is 8.14. The van der Waals surface area contributed by atoms with Crippen molar-refractivity contribution in [2.45, 2.75) is 305 Å². The van der Waals surface area contributed by atoms with Crippen LogP contribution in [0.5, 0.6) is 0 Å². The molecule has 2 aromatic heterocycles. The van der Waals surface area contributed by atoms with E-state index in [1.807, 2.05) is 365 Å². The second-order valence-electron chi connectivity index (χ2n) is 23.5. The Kier molecular flexibility index (Phi) is 123. The van der Waals surface area contributed by atoms with Gasteiger partial charge in [-0.05, 0) is 140 Å². The maximum Gasteiger partial charge on any atom is 0.0541 e. The first-order chi connectivity index (χ1) is 70.7. The third-order valence-corrected chi connectivity index (χ3v) is 17.1. The number of aromatic nitrogens is 2. The van der Waals surface area contributed by atoms with Crippen molar-refractivity contribution < 1.29 is 0 Å². The molecule has 0 aliphatic heterocycles. The van der Waals surface area contributed by atoms with Crippen molar-refractivity contribution in [2.24, 2.45) is 0 Å². The van der Waals surface area contributed by atoms with Crippen LogP contribution < -0.4 is 0 Å². The van der Waals surface area contributed by atoms with Crippen LogP contribution in [0, 0.1) is 0 Å². The summed E-state index contributed by atoms with van der Waals surface area (Å²) in [6, 6.07) is 156. The van der Waals surface area contributed by atoms with Gasteiger partial charge in [-0.25, -0.2) is 0 Å². The number of benzene rings is 16. The molecule has 0 saturated carbocycles. The molecule has 0 bridgehead atoms. The molecule has 0 spiro atoms. The third-order valence-electron chi connectivity index (χ3n) is 17.1.